The van der Waals surface area contributed by atoms with Crippen LogP contribution >= 0.6 is 0 Å². The fourth-order valence-corrected chi connectivity index (χ4v) is 3.95. The Morgan fingerprint density at radius 1 is 1.31 bits per heavy atom. The molecule has 3 aromatic rings. The van der Waals surface area contributed by atoms with Crippen LogP contribution in [0, 0.1) is 5.82 Å². The molecule has 9 nitrogen and oxygen atoms in total. The number of alkyl halides is 2. The van der Waals surface area contributed by atoms with Gasteiger partial charge < -0.3 is 20.1 Å². The van der Waals surface area contributed by atoms with Crippen LogP contribution in [-0.2, 0) is 11.4 Å². The van der Waals surface area contributed by atoms with E-state index in [0.717, 1.165) is 6.20 Å². The Morgan fingerprint density at radius 3 is 2.78 bits per heavy atom. The van der Waals surface area contributed by atoms with Crippen molar-refractivity contribution in [2.75, 3.05) is 18.4 Å². The number of piperidine rings is 1. The van der Waals surface area contributed by atoms with E-state index in [2.05, 4.69) is 20.3 Å². The van der Waals surface area contributed by atoms with Crippen molar-refractivity contribution >= 4 is 11.7 Å². The predicted molar refractivity (Wildman–Crippen MR) is 123 cm³/mol. The van der Waals surface area contributed by atoms with Crippen molar-refractivity contribution in [3.63, 3.8) is 0 Å². The Balaban J connectivity index is 1.40. The molecule has 0 aromatic carbocycles. The van der Waals surface area contributed by atoms with Crippen LogP contribution in [0.2, 0.25) is 0 Å². The van der Waals surface area contributed by atoms with Crippen molar-refractivity contribution in [2.24, 2.45) is 0 Å². The number of aliphatic hydroxyl groups is 1. The summed E-state index contributed by atoms with van der Waals surface area (Å²) in [6.45, 7) is 0.920. The van der Waals surface area contributed by atoms with E-state index in [4.69, 9.17) is 4.74 Å². The Bertz CT molecular complexity index is 1270. The van der Waals surface area contributed by atoms with Crippen LogP contribution in [-0.4, -0.2) is 55.9 Å². The highest BCUT2D eigenvalue weighted by molar-refractivity contribution is 5.93. The van der Waals surface area contributed by atoms with Gasteiger partial charge in [-0.3, -0.25) is 14.5 Å². The average Bonchev–Trinajstić information content (AvgIpc) is 2.86. The lowest BCUT2D eigenvalue weighted by Crippen LogP contribution is -2.52. The maximum absolute atomic E-state index is 14.8. The molecular formula is C24H24F3N5O4. The molecule has 190 valence electrons. The molecule has 36 heavy (non-hydrogen) atoms. The summed E-state index contributed by atoms with van der Waals surface area (Å²) in [5.74, 6) is -4.51. The predicted octanol–water partition coefficient (Wildman–Crippen LogP) is 3.04. The summed E-state index contributed by atoms with van der Waals surface area (Å²) in [4.78, 5) is 36.5. The first kappa shape index (κ1) is 25.3. The van der Waals surface area contributed by atoms with Gasteiger partial charge in [-0.15, -0.1) is 0 Å². The number of carbonyl (C=O) groups is 1. The molecule has 0 bridgehead atoms. The molecule has 0 radical (unpaired) electrons. The minimum Gasteiger partial charge on any atom is -0.437 e. The number of H-pyrrole nitrogens is 1. The Labute approximate surface area is 204 Å². The molecule has 0 saturated carbocycles. The third kappa shape index (κ3) is 5.71. The maximum atomic E-state index is 14.8. The number of rotatable bonds is 7. The van der Waals surface area contributed by atoms with Crippen LogP contribution in [0.3, 0.4) is 0 Å². The van der Waals surface area contributed by atoms with Gasteiger partial charge >= 0.3 is 0 Å². The van der Waals surface area contributed by atoms with Gasteiger partial charge in [0, 0.05) is 37.3 Å². The van der Waals surface area contributed by atoms with Gasteiger partial charge in [-0.25, -0.2) is 23.1 Å². The van der Waals surface area contributed by atoms with Gasteiger partial charge in [0.25, 0.3) is 11.5 Å². The number of aromatic amines is 1. The van der Waals surface area contributed by atoms with E-state index in [1.165, 1.54) is 36.7 Å². The van der Waals surface area contributed by atoms with Crippen molar-refractivity contribution in [1.82, 2.24) is 19.9 Å². The lowest BCUT2D eigenvalue weighted by atomic mass is 9.86. The number of pyridine rings is 3. The van der Waals surface area contributed by atoms with E-state index in [9.17, 15) is 27.9 Å². The SMILES string of the molecule is CC(C(=O)Nc1ccc(Oc2ccc(F)cn2)cn1)N1CCC(F)(F)[C@@H](c2c[nH]c(=O)c(CO)c2)C1. The normalized spacial score (nSPS) is 18.4. The van der Waals surface area contributed by atoms with E-state index in [1.54, 1.807) is 17.9 Å². The molecule has 2 atom stereocenters. The van der Waals surface area contributed by atoms with Gasteiger partial charge in [0.15, 0.2) is 0 Å². The molecule has 1 aliphatic rings. The number of nitrogens with zero attached hydrogens (tertiary/aromatic N) is 3. The minimum atomic E-state index is -3.05. The van der Waals surface area contributed by atoms with E-state index >= 15 is 0 Å². The van der Waals surface area contributed by atoms with Gasteiger partial charge in [0.2, 0.25) is 11.8 Å². The monoisotopic (exact) mass is 503 g/mol. The third-order valence-corrected chi connectivity index (χ3v) is 6.07. The fourth-order valence-electron chi connectivity index (χ4n) is 3.95. The zero-order valence-corrected chi connectivity index (χ0v) is 19.2. The second kappa shape index (κ2) is 10.5. The minimum absolute atomic E-state index is 0.0000693. The zero-order valence-electron chi connectivity index (χ0n) is 19.2. The Morgan fingerprint density at radius 2 is 2.11 bits per heavy atom. The standard InChI is InChI=1S/C24H24F3N5O4/c1-14(22(34)31-20-4-3-18(11-28-20)36-21-5-2-17(25)10-29-21)32-7-6-24(26,27)19(12-32)15-8-16(13-33)23(35)30-9-15/h2-5,8-11,14,19,33H,6-7,12-13H2,1H3,(H,30,35)(H,28,31,34)/t14?,19-/m1/s1. The second-order valence-corrected chi connectivity index (χ2v) is 8.47. The number of hydrogen-bond acceptors (Lipinski definition) is 7. The van der Waals surface area contributed by atoms with Gasteiger partial charge in [0.1, 0.15) is 17.4 Å². The first-order valence-corrected chi connectivity index (χ1v) is 11.2. The second-order valence-electron chi connectivity index (χ2n) is 8.47. The molecule has 1 amide bonds. The molecule has 1 aliphatic heterocycles. The number of amides is 1. The molecule has 3 aromatic heterocycles. The number of nitrogens with one attached hydrogen (secondary N) is 2. The number of likely N-dealkylation sites (tertiary alicyclic amines) is 1. The summed E-state index contributed by atoms with van der Waals surface area (Å²) < 4.78 is 47.9. The van der Waals surface area contributed by atoms with Crippen LogP contribution < -0.4 is 15.6 Å². The summed E-state index contributed by atoms with van der Waals surface area (Å²) in [7, 11) is 0. The van der Waals surface area contributed by atoms with E-state index in [0.29, 0.717) is 5.75 Å². The largest absolute Gasteiger partial charge is 0.437 e. The van der Waals surface area contributed by atoms with E-state index < -0.39 is 48.2 Å². The highest BCUT2D eigenvalue weighted by Crippen LogP contribution is 2.40. The number of hydrogen-bond donors (Lipinski definition) is 3. The number of anilines is 1. The van der Waals surface area contributed by atoms with Crippen LogP contribution in [0.15, 0.2) is 53.7 Å². The summed E-state index contributed by atoms with van der Waals surface area (Å²) in [5, 5.41) is 12.0. The molecule has 1 saturated heterocycles. The first-order valence-electron chi connectivity index (χ1n) is 11.2. The smallest absolute Gasteiger partial charge is 0.257 e. The quantitative estimate of drug-likeness (QED) is 0.453. The topological polar surface area (TPSA) is 120 Å². The van der Waals surface area contributed by atoms with Crippen LogP contribution in [0.5, 0.6) is 11.6 Å². The molecule has 4 rings (SSSR count). The van der Waals surface area contributed by atoms with Crippen LogP contribution in [0.25, 0.3) is 0 Å². The Hall–Kier alpha value is -3.77. The summed E-state index contributed by atoms with van der Waals surface area (Å²) >= 11 is 0. The lowest BCUT2D eigenvalue weighted by Gasteiger charge is -2.40. The number of carbonyl (C=O) groups excluding carboxylic acids is 1. The number of aromatic nitrogens is 3. The summed E-state index contributed by atoms with van der Waals surface area (Å²) in [6, 6.07) is 6.15. The van der Waals surface area contributed by atoms with Crippen molar-refractivity contribution < 1.29 is 27.8 Å². The summed E-state index contributed by atoms with van der Waals surface area (Å²) in [6.07, 6.45) is 3.13. The molecule has 4 heterocycles. The maximum Gasteiger partial charge on any atom is 0.257 e. The number of halogens is 3. The van der Waals surface area contributed by atoms with Crippen molar-refractivity contribution in [3.05, 3.63) is 76.2 Å². The zero-order chi connectivity index (χ0) is 25.9. The molecule has 3 N–H and O–H groups in total. The van der Waals surface area contributed by atoms with Crippen LogP contribution in [0.1, 0.15) is 30.4 Å². The van der Waals surface area contributed by atoms with Crippen molar-refractivity contribution in [1.29, 1.82) is 0 Å². The van der Waals surface area contributed by atoms with Crippen LogP contribution in [0.4, 0.5) is 19.0 Å². The number of aliphatic hydroxyl groups excluding tert-OH is 1. The molecule has 1 unspecified atom stereocenters. The van der Waals surface area contributed by atoms with Crippen molar-refractivity contribution in [3.8, 4) is 11.6 Å². The van der Waals surface area contributed by atoms with Crippen molar-refractivity contribution in [2.45, 2.75) is 37.8 Å². The van der Waals surface area contributed by atoms with Gasteiger partial charge in [0.05, 0.1) is 31.0 Å². The molecule has 1 fully saturated rings. The van der Waals surface area contributed by atoms with E-state index in [1.807, 2.05) is 0 Å². The average molecular weight is 503 g/mol. The lowest BCUT2D eigenvalue weighted by molar-refractivity contribution is -0.125. The molecule has 0 aliphatic carbocycles. The fraction of sp³-hybridized carbons (Fsp3) is 0.333. The summed E-state index contributed by atoms with van der Waals surface area (Å²) in [5.41, 5.74) is -0.350. The van der Waals surface area contributed by atoms with Gasteiger partial charge in [-0.1, -0.05) is 0 Å². The number of ether oxygens (including phenoxy) is 1. The Kier molecular flexibility index (Phi) is 7.36. The van der Waals surface area contributed by atoms with Gasteiger partial charge in [-0.05, 0) is 36.8 Å². The van der Waals surface area contributed by atoms with E-state index in [-0.39, 0.29) is 35.9 Å². The third-order valence-electron chi connectivity index (χ3n) is 6.07. The molecule has 12 heteroatoms. The molecule has 0 spiro atoms. The highest BCUT2D eigenvalue weighted by atomic mass is 19.3. The molecular weight excluding hydrogens is 479 g/mol. The first-order chi connectivity index (χ1) is 17.2. The van der Waals surface area contributed by atoms with Gasteiger partial charge in [-0.2, -0.15) is 0 Å². The highest BCUT2D eigenvalue weighted by Gasteiger charge is 2.46.